The minimum absolute atomic E-state index is 0. The van der Waals surface area contributed by atoms with Crippen LogP contribution in [0.1, 0.15) is 52.5 Å². The molecule has 1 aliphatic carbocycles. The van der Waals surface area contributed by atoms with E-state index in [2.05, 4.69) is 51.3 Å². The van der Waals surface area contributed by atoms with Crippen LogP contribution in [0.2, 0.25) is 0 Å². The molecule has 0 spiro atoms. The summed E-state index contributed by atoms with van der Waals surface area (Å²) in [4.78, 5) is 16.3. The number of halogens is 1. The Kier molecular flexibility index (Phi) is 9.04. The molecule has 1 fully saturated rings. The fourth-order valence-electron chi connectivity index (χ4n) is 2.96. The van der Waals surface area contributed by atoms with Gasteiger partial charge in [-0.3, -0.25) is 4.99 Å². The van der Waals surface area contributed by atoms with Crippen molar-refractivity contribution in [2.75, 3.05) is 20.1 Å². The number of amides is 1. The number of nitrogens with one attached hydrogen (secondary N) is 3. The highest BCUT2D eigenvalue weighted by atomic mass is 127. The zero-order valence-electron chi connectivity index (χ0n) is 17.8. The summed E-state index contributed by atoms with van der Waals surface area (Å²) >= 11 is 0. The lowest BCUT2D eigenvalue weighted by atomic mass is 10.1. The third-order valence-corrected chi connectivity index (χ3v) is 4.44. The average Bonchev–Trinajstić information content (AvgIpc) is 3.33. The topological polar surface area (TPSA) is 74.8 Å². The Morgan fingerprint density at radius 2 is 1.79 bits per heavy atom. The number of aliphatic imine (C=N–C) groups is 1. The van der Waals surface area contributed by atoms with Gasteiger partial charge in [-0.25, -0.2) is 4.79 Å². The smallest absolute Gasteiger partial charge is 0.408 e. The van der Waals surface area contributed by atoms with Crippen LogP contribution in [0.25, 0.3) is 0 Å². The Balaban J connectivity index is 0.00000392. The predicted octanol–water partition coefficient (Wildman–Crippen LogP) is 3.88. The SMILES string of the molecule is CN=C(NCC1CC1c1ccccc1)NCC(C)(C)NC(=O)OC(C)(C)C.I. The van der Waals surface area contributed by atoms with Crippen molar-refractivity contribution < 1.29 is 9.53 Å². The Hall–Kier alpha value is -1.51. The minimum Gasteiger partial charge on any atom is -0.444 e. The van der Waals surface area contributed by atoms with Gasteiger partial charge in [-0.1, -0.05) is 30.3 Å². The summed E-state index contributed by atoms with van der Waals surface area (Å²) in [6.45, 7) is 10.9. The molecule has 0 saturated heterocycles. The number of benzene rings is 1. The second kappa shape index (κ2) is 10.3. The van der Waals surface area contributed by atoms with Crippen molar-refractivity contribution in [2.45, 2.75) is 58.1 Å². The van der Waals surface area contributed by atoms with E-state index in [0.29, 0.717) is 18.4 Å². The Morgan fingerprint density at radius 1 is 1.14 bits per heavy atom. The van der Waals surface area contributed by atoms with E-state index >= 15 is 0 Å². The zero-order valence-corrected chi connectivity index (χ0v) is 20.2. The molecule has 1 aromatic carbocycles. The first-order valence-electron chi connectivity index (χ1n) is 9.60. The summed E-state index contributed by atoms with van der Waals surface area (Å²) in [5.41, 5.74) is 0.437. The molecule has 1 aliphatic rings. The van der Waals surface area contributed by atoms with E-state index < -0.39 is 17.2 Å². The molecule has 0 bridgehead atoms. The second-order valence-corrected chi connectivity index (χ2v) is 8.83. The highest BCUT2D eigenvalue weighted by Crippen LogP contribution is 2.46. The van der Waals surface area contributed by atoms with E-state index in [1.165, 1.54) is 12.0 Å². The van der Waals surface area contributed by atoms with Gasteiger partial charge in [-0.05, 0) is 58.4 Å². The second-order valence-electron chi connectivity index (χ2n) is 8.83. The molecule has 2 rings (SSSR count). The number of rotatable bonds is 6. The maximum atomic E-state index is 12.0. The molecule has 1 amide bonds. The van der Waals surface area contributed by atoms with Gasteiger partial charge in [0.05, 0.1) is 5.54 Å². The number of hydrogen-bond acceptors (Lipinski definition) is 3. The van der Waals surface area contributed by atoms with Crippen molar-refractivity contribution in [3.8, 4) is 0 Å². The molecule has 0 aliphatic heterocycles. The predicted molar refractivity (Wildman–Crippen MR) is 126 cm³/mol. The van der Waals surface area contributed by atoms with Gasteiger partial charge in [0, 0.05) is 20.1 Å². The third-order valence-electron chi connectivity index (χ3n) is 4.44. The molecule has 1 saturated carbocycles. The lowest BCUT2D eigenvalue weighted by molar-refractivity contribution is 0.0474. The molecule has 2 atom stereocenters. The van der Waals surface area contributed by atoms with Crippen molar-refractivity contribution in [1.82, 2.24) is 16.0 Å². The van der Waals surface area contributed by atoms with E-state index in [4.69, 9.17) is 4.74 Å². The van der Waals surface area contributed by atoms with Crippen molar-refractivity contribution in [3.05, 3.63) is 35.9 Å². The number of guanidine groups is 1. The Labute approximate surface area is 186 Å². The van der Waals surface area contributed by atoms with Crippen molar-refractivity contribution in [2.24, 2.45) is 10.9 Å². The van der Waals surface area contributed by atoms with Crippen LogP contribution in [0.3, 0.4) is 0 Å². The maximum Gasteiger partial charge on any atom is 0.408 e. The average molecular weight is 502 g/mol. The number of carbonyl (C=O) groups excluding carboxylic acids is 1. The number of alkyl carbamates (subject to hydrolysis) is 1. The van der Waals surface area contributed by atoms with Crippen LogP contribution in [0, 0.1) is 5.92 Å². The van der Waals surface area contributed by atoms with E-state index in [0.717, 1.165) is 12.5 Å². The molecular formula is C21H35IN4O2. The molecule has 6 nitrogen and oxygen atoms in total. The van der Waals surface area contributed by atoms with E-state index in [1.54, 1.807) is 7.05 Å². The van der Waals surface area contributed by atoms with Crippen LogP contribution in [0.5, 0.6) is 0 Å². The fourth-order valence-corrected chi connectivity index (χ4v) is 2.96. The molecular weight excluding hydrogens is 467 g/mol. The molecule has 0 radical (unpaired) electrons. The molecule has 158 valence electrons. The normalized spacial score (nSPS) is 19.3. The first-order valence-corrected chi connectivity index (χ1v) is 9.60. The van der Waals surface area contributed by atoms with Crippen molar-refractivity contribution >= 4 is 36.0 Å². The first-order chi connectivity index (χ1) is 12.6. The lowest BCUT2D eigenvalue weighted by Gasteiger charge is -2.29. The summed E-state index contributed by atoms with van der Waals surface area (Å²) < 4.78 is 5.32. The van der Waals surface area contributed by atoms with Crippen LogP contribution in [-0.4, -0.2) is 43.3 Å². The van der Waals surface area contributed by atoms with Gasteiger partial charge < -0.3 is 20.7 Å². The van der Waals surface area contributed by atoms with Crippen LogP contribution >= 0.6 is 24.0 Å². The molecule has 2 unspecified atom stereocenters. The highest BCUT2D eigenvalue weighted by molar-refractivity contribution is 14.0. The monoisotopic (exact) mass is 502 g/mol. The van der Waals surface area contributed by atoms with Gasteiger partial charge in [0.15, 0.2) is 5.96 Å². The summed E-state index contributed by atoms with van der Waals surface area (Å²) in [5, 5.41) is 9.57. The van der Waals surface area contributed by atoms with Crippen molar-refractivity contribution in [3.63, 3.8) is 0 Å². The summed E-state index contributed by atoms with van der Waals surface area (Å²) in [6.07, 6.45) is 0.792. The number of hydrogen-bond donors (Lipinski definition) is 3. The maximum absolute atomic E-state index is 12.0. The lowest BCUT2D eigenvalue weighted by Crippen LogP contribution is -2.54. The first kappa shape index (κ1) is 24.5. The Morgan fingerprint density at radius 3 is 2.36 bits per heavy atom. The van der Waals surface area contributed by atoms with Gasteiger partial charge in [-0.15, -0.1) is 24.0 Å². The molecule has 28 heavy (non-hydrogen) atoms. The van der Waals surface area contributed by atoms with Crippen LogP contribution in [0.4, 0.5) is 4.79 Å². The zero-order chi connectivity index (χ0) is 20.1. The van der Waals surface area contributed by atoms with Crippen LogP contribution in [-0.2, 0) is 4.74 Å². The fraction of sp³-hybridized carbons (Fsp3) is 0.619. The van der Waals surface area contributed by atoms with Gasteiger partial charge in [0.2, 0.25) is 0 Å². The van der Waals surface area contributed by atoms with Gasteiger partial charge in [0.1, 0.15) is 5.60 Å². The molecule has 1 aromatic rings. The molecule has 3 N–H and O–H groups in total. The largest absolute Gasteiger partial charge is 0.444 e. The standard InChI is InChI=1S/C21H34N4O2.HI/c1-20(2,3)27-19(26)25-21(4,5)14-24-18(22-6)23-13-16-12-17(16)15-10-8-7-9-11-15;/h7-11,16-17H,12-14H2,1-6H3,(H,25,26)(H2,22,23,24);1H. The van der Waals surface area contributed by atoms with Crippen LogP contribution in [0.15, 0.2) is 35.3 Å². The van der Waals surface area contributed by atoms with Gasteiger partial charge >= 0.3 is 6.09 Å². The van der Waals surface area contributed by atoms with Crippen LogP contribution < -0.4 is 16.0 Å². The van der Waals surface area contributed by atoms with Crippen molar-refractivity contribution in [1.29, 1.82) is 0 Å². The Bertz CT molecular complexity index is 656. The highest BCUT2D eigenvalue weighted by Gasteiger charge is 2.37. The number of nitrogens with zero attached hydrogens (tertiary/aromatic N) is 1. The molecule has 0 heterocycles. The number of ether oxygens (including phenoxy) is 1. The number of carbonyl (C=O) groups is 1. The van der Waals surface area contributed by atoms with E-state index in [-0.39, 0.29) is 24.0 Å². The minimum atomic E-state index is -0.509. The third kappa shape index (κ3) is 8.67. The summed E-state index contributed by atoms with van der Waals surface area (Å²) in [5.74, 6) is 2.02. The molecule has 0 aromatic heterocycles. The van der Waals surface area contributed by atoms with Gasteiger partial charge in [0.25, 0.3) is 0 Å². The van der Waals surface area contributed by atoms with E-state index in [1.807, 2.05) is 34.6 Å². The van der Waals surface area contributed by atoms with Gasteiger partial charge in [-0.2, -0.15) is 0 Å². The van der Waals surface area contributed by atoms with E-state index in [9.17, 15) is 4.79 Å². The summed E-state index contributed by atoms with van der Waals surface area (Å²) in [6, 6.07) is 10.6. The quantitative estimate of drug-likeness (QED) is 0.314. The summed E-state index contributed by atoms with van der Waals surface area (Å²) in [7, 11) is 1.76. The molecule has 7 heteroatoms.